The van der Waals surface area contributed by atoms with E-state index in [1.165, 1.54) is 8.99 Å². The molecule has 2 N–H and O–H groups in total. The summed E-state index contributed by atoms with van der Waals surface area (Å²) in [5.41, 5.74) is 7.57. The summed E-state index contributed by atoms with van der Waals surface area (Å²) < 4.78 is 47.7. The monoisotopic (exact) mass is 605 g/mol. The normalized spacial score (nSPS) is 26.2. The first kappa shape index (κ1) is 28.5. The van der Waals surface area contributed by atoms with Gasteiger partial charge in [-0.1, -0.05) is 30.7 Å². The van der Waals surface area contributed by atoms with Gasteiger partial charge >= 0.3 is 5.56 Å². The molecule has 1 aromatic heterocycles. The molecule has 0 bridgehead atoms. The van der Waals surface area contributed by atoms with E-state index in [9.17, 15) is 13.2 Å². The van der Waals surface area contributed by atoms with Gasteiger partial charge in [-0.2, -0.15) is 14.1 Å². The molecule has 0 amide bonds. The smallest absolute Gasteiger partial charge is 0.316 e. The molecule has 0 spiro atoms. The Morgan fingerprint density at radius 2 is 1.93 bits per heavy atom. The van der Waals surface area contributed by atoms with Crippen molar-refractivity contribution in [1.82, 2.24) is 14.1 Å². The molecule has 2 aliphatic carbocycles. The number of hydrogen-bond donors (Lipinski definition) is 1. The number of fused-ring (bicyclic) bond motifs is 1. The van der Waals surface area contributed by atoms with Crippen LogP contribution in [-0.4, -0.2) is 86.5 Å². The van der Waals surface area contributed by atoms with Gasteiger partial charge in [0.15, 0.2) is 0 Å². The van der Waals surface area contributed by atoms with E-state index in [4.69, 9.17) is 31.5 Å². The number of halogens is 1. The van der Waals surface area contributed by atoms with Crippen LogP contribution in [0.1, 0.15) is 26.2 Å². The zero-order valence-corrected chi connectivity index (χ0v) is 24.6. The number of ether oxygens (including phenoxy) is 3. The third-order valence-corrected chi connectivity index (χ3v) is 10.7. The summed E-state index contributed by atoms with van der Waals surface area (Å²) in [5.74, 6) is -0.376. The van der Waals surface area contributed by atoms with E-state index in [0.29, 0.717) is 61.4 Å². The summed E-state index contributed by atoms with van der Waals surface area (Å²) >= 11 is 6.16. The van der Waals surface area contributed by atoms with Crippen molar-refractivity contribution >= 4 is 27.3 Å². The molecular weight excluding hydrogens is 570 g/mol. The molecule has 1 aromatic carbocycles. The van der Waals surface area contributed by atoms with Crippen LogP contribution in [0.2, 0.25) is 5.02 Å². The molecule has 3 unspecified atom stereocenters. The number of rotatable bonds is 8. The maximum Gasteiger partial charge on any atom is 0.316 e. The van der Waals surface area contributed by atoms with E-state index >= 15 is 0 Å². The summed E-state index contributed by atoms with van der Waals surface area (Å²) in [6, 6.07) is 6.93. The van der Waals surface area contributed by atoms with E-state index in [1.54, 1.807) is 30.5 Å². The minimum atomic E-state index is -3.63. The van der Waals surface area contributed by atoms with Crippen LogP contribution in [0.3, 0.4) is 0 Å². The van der Waals surface area contributed by atoms with Crippen LogP contribution in [-0.2, 0) is 19.5 Å². The lowest BCUT2D eigenvalue weighted by atomic mass is 9.88. The Morgan fingerprint density at radius 3 is 2.66 bits per heavy atom. The van der Waals surface area contributed by atoms with Gasteiger partial charge in [0, 0.05) is 48.2 Å². The molecule has 6 rings (SSSR count). The number of anilines is 1. The minimum Gasteiger partial charge on any atom is -0.486 e. The van der Waals surface area contributed by atoms with Gasteiger partial charge in [0.2, 0.25) is 15.8 Å². The summed E-state index contributed by atoms with van der Waals surface area (Å²) in [6.07, 6.45) is 5.65. The number of nitrogens with two attached hydrogens (primary N) is 1. The first-order valence-electron chi connectivity index (χ1n) is 14.1. The lowest BCUT2D eigenvalue weighted by Crippen LogP contribution is -2.53. The van der Waals surface area contributed by atoms with Crippen molar-refractivity contribution in [2.75, 3.05) is 56.7 Å². The molecule has 1 saturated carbocycles. The topological polar surface area (TPSA) is 129 Å². The molecule has 0 radical (unpaired) electrons. The molecular formula is C28H36ClN5O6S. The van der Waals surface area contributed by atoms with Gasteiger partial charge in [0.1, 0.15) is 5.69 Å². The highest BCUT2D eigenvalue weighted by Gasteiger charge is 2.42. The highest BCUT2D eigenvalue weighted by molar-refractivity contribution is 7.89. The van der Waals surface area contributed by atoms with Crippen molar-refractivity contribution in [2.24, 2.45) is 17.1 Å². The van der Waals surface area contributed by atoms with Crippen molar-refractivity contribution in [2.45, 2.75) is 38.4 Å². The molecule has 41 heavy (non-hydrogen) atoms. The molecule has 3 fully saturated rings. The van der Waals surface area contributed by atoms with Gasteiger partial charge in [0.05, 0.1) is 49.7 Å². The zero-order chi connectivity index (χ0) is 28.8. The molecule has 3 atom stereocenters. The third kappa shape index (κ3) is 5.98. The van der Waals surface area contributed by atoms with E-state index in [-0.39, 0.29) is 47.8 Å². The zero-order valence-electron chi connectivity index (χ0n) is 23.1. The van der Waals surface area contributed by atoms with E-state index in [1.807, 2.05) is 11.0 Å². The van der Waals surface area contributed by atoms with Gasteiger partial charge in [-0.15, -0.1) is 0 Å². The Bertz CT molecular complexity index is 1490. The Balaban J connectivity index is 1.19. The fourth-order valence-electron chi connectivity index (χ4n) is 5.67. The summed E-state index contributed by atoms with van der Waals surface area (Å²) in [5, 5.41) is 4.92. The molecule has 11 nitrogen and oxygen atoms in total. The van der Waals surface area contributed by atoms with Gasteiger partial charge < -0.3 is 24.8 Å². The fraction of sp³-hybridized carbons (Fsp3) is 0.571. The van der Waals surface area contributed by atoms with Crippen molar-refractivity contribution in [3.05, 3.63) is 57.6 Å². The average molecular weight is 606 g/mol. The van der Waals surface area contributed by atoms with Crippen molar-refractivity contribution < 1.29 is 22.6 Å². The second kappa shape index (κ2) is 11.2. The van der Waals surface area contributed by atoms with Gasteiger partial charge in [0.25, 0.3) is 0 Å². The molecule has 4 aliphatic rings. The van der Waals surface area contributed by atoms with Gasteiger partial charge in [-0.05, 0) is 37.5 Å². The molecule has 2 aromatic rings. The first-order valence-corrected chi connectivity index (χ1v) is 16.0. The number of benzene rings is 1. The predicted molar refractivity (Wildman–Crippen MR) is 155 cm³/mol. The SMILES string of the molecule is CC1(COc2c(N3CCN(S(=O)(=O)CC4C(N)=CCC5OCCOC54)CC3)cnn(-c3cccc(Cl)c3)c2=O)CC1. The lowest BCUT2D eigenvalue weighted by molar-refractivity contribution is -0.154. The standard InChI is InChI=1S/C28H36ClN5O6S/c1-28(7-8-28)18-40-26-23(16-31-34(27(26)35)20-4-2-3-19(29)15-20)32-9-11-33(12-10-32)41(36,37)17-21-22(30)5-6-24-25(21)39-14-13-38-24/h2-5,15-16,21,24-25H,6-14,17-18,30H2,1H3. The van der Waals surface area contributed by atoms with Crippen LogP contribution in [0, 0.1) is 11.3 Å². The molecule has 2 saturated heterocycles. The number of hydrogen-bond acceptors (Lipinski definition) is 9. The van der Waals surface area contributed by atoms with Gasteiger partial charge in [-0.25, -0.2) is 8.42 Å². The predicted octanol–water partition coefficient (Wildman–Crippen LogP) is 2.16. The Labute approximate surface area is 244 Å². The third-order valence-electron chi connectivity index (χ3n) is 8.50. The number of nitrogens with zero attached hydrogens (tertiary/aromatic N) is 4. The van der Waals surface area contributed by atoms with E-state index < -0.39 is 15.9 Å². The maximum absolute atomic E-state index is 13.6. The average Bonchev–Trinajstić information content (AvgIpc) is 3.71. The van der Waals surface area contributed by atoms with Crippen LogP contribution in [0.5, 0.6) is 5.75 Å². The van der Waals surface area contributed by atoms with Crippen LogP contribution in [0.4, 0.5) is 5.69 Å². The summed E-state index contributed by atoms with van der Waals surface area (Å²) in [7, 11) is -3.63. The van der Waals surface area contributed by atoms with Crippen molar-refractivity contribution in [1.29, 1.82) is 0 Å². The second-order valence-electron chi connectivity index (χ2n) is 11.6. The highest BCUT2D eigenvalue weighted by atomic mass is 35.5. The largest absolute Gasteiger partial charge is 0.486 e. The second-order valence-corrected chi connectivity index (χ2v) is 14.1. The molecule has 3 heterocycles. The Morgan fingerprint density at radius 1 is 1.17 bits per heavy atom. The van der Waals surface area contributed by atoms with Crippen LogP contribution < -0.4 is 20.9 Å². The number of sulfonamides is 1. The van der Waals surface area contributed by atoms with Crippen molar-refractivity contribution in [3.8, 4) is 11.4 Å². The van der Waals surface area contributed by atoms with E-state index in [2.05, 4.69) is 12.0 Å². The lowest BCUT2D eigenvalue weighted by Gasteiger charge is -2.41. The molecule has 222 valence electrons. The molecule has 13 heteroatoms. The van der Waals surface area contributed by atoms with Crippen molar-refractivity contribution in [3.63, 3.8) is 0 Å². The fourth-order valence-corrected chi connectivity index (χ4v) is 7.62. The van der Waals surface area contributed by atoms with E-state index in [0.717, 1.165) is 12.8 Å². The first-order chi connectivity index (χ1) is 19.6. The quantitative estimate of drug-likeness (QED) is 0.481. The Kier molecular flexibility index (Phi) is 7.79. The minimum absolute atomic E-state index is 0.0577. The van der Waals surface area contributed by atoms with Crippen LogP contribution >= 0.6 is 11.6 Å². The molecule has 2 aliphatic heterocycles. The van der Waals surface area contributed by atoms with Crippen LogP contribution in [0.25, 0.3) is 5.69 Å². The number of piperazine rings is 1. The van der Waals surface area contributed by atoms with Gasteiger partial charge in [-0.3, -0.25) is 4.79 Å². The Hall–Kier alpha value is -2.64. The summed E-state index contributed by atoms with van der Waals surface area (Å²) in [4.78, 5) is 15.6. The number of aromatic nitrogens is 2. The summed E-state index contributed by atoms with van der Waals surface area (Å²) in [6.45, 7) is 4.78. The maximum atomic E-state index is 13.6. The van der Waals surface area contributed by atoms with Crippen LogP contribution in [0.15, 0.2) is 47.0 Å². The highest BCUT2D eigenvalue weighted by Crippen LogP contribution is 2.45.